The van der Waals surface area contributed by atoms with Crippen LogP contribution in [0.15, 0.2) is 29.2 Å². The molecule has 0 saturated carbocycles. The van der Waals surface area contributed by atoms with E-state index in [-0.39, 0.29) is 17.9 Å². The van der Waals surface area contributed by atoms with Crippen LogP contribution in [0.4, 0.5) is 5.69 Å². The minimum atomic E-state index is -0.371. The number of anilines is 1. The fourth-order valence-corrected chi connectivity index (χ4v) is 2.50. The predicted octanol–water partition coefficient (Wildman–Crippen LogP) is 2.20. The highest BCUT2D eigenvalue weighted by Crippen LogP contribution is 2.21. The highest BCUT2D eigenvalue weighted by molar-refractivity contribution is 7.93. The van der Waals surface area contributed by atoms with Gasteiger partial charge in [0, 0.05) is 36.1 Å². The van der Waals surface area contributed by atoms with Gasteiger partial charge in [0.25, 0.3) is 0 Å². The molecule has 2 N–H and O–H groups in total. The van der Waals surface area contributed by atoms with Crippen molar-refractivity contribution in [1.29, 1.82) is 0 Å². The lowest BCUT2D eigenvalue weighted by Crippen LogP contribution is -2.42. The number of nitrogens with one attached hydrogen (secondary N) is 1. The third kappa shape index (κ3) is 3.27. The largest absolute Gasteiger partial charge is 0.331 e. The summed E-state index contributed by atoms with van der Waals surface area (Å²) in [5.41, 5.74) is 0.665. The van der Waals surface area contributed by atoms with E-state index in [2.05, 4.69) is 5.32 Å². The van der Waals surface area contributed by atoms with Gasteiger partial charge in [0.2, 0.25) is 11.8 Å². The monoisotopic (exact) mass is 280 g/mol. The van der Waals surface area contributed by atoms with E-state index >= 15 is 0 Å². The van der Waals surface area contributed by atoms with Crippen molar-refractivity contribution in [3.05, 3.63) is 24.3 Å². The number of amides is 2. The minimum absolute atomic E-state index is 0.0651. The summed E-state index contributed by atoms with van der Waals surface area (Å²) in [6.07, 6.45) is 1.56. The Kier molecular flexibility index (Phi) is 4.44. The summed E-state index contributed by atoms with van der Waals surface area (Å²) in [4.78, 5) is 25.9. The lowest BCUT2D eigenvalue weighted by atomic mass is 10.2. The average molecular weight is 280 g/mol. The third-order valence-corrected chi connectivity index (χ3v) is 3.67. The first-order valence-corrected chi connectivity index (χ1v) is 6.88. The number of rotatable bonds is 3. The van der Waals surface area contributed by atoms with E-state index < -0.39 is 0 Å². The molecule has 1 aromatic carbocycles. The van der Waals surface area contributed by atoms with Crippen molar-refractivity contribution in [3.63, 3.8) is 0 Å². The van der Waals surface area contributed by atoms with E-state index in [1.807, 2.05) is 0 Å². The van der Waals surface area contributed by atoms with Crippen molar-refractivity contribution in [3.8, 4) is 0 Å². The highest BCUT2D eigenvalue weighted by Gasteiger charge is 2.32. The summed E-state index contributed by atoms with van der Waals surface area (Å²) in [5.74, 6) is -0.221. The Morgan fingerprint density at radius 2 is 2.05 bits per heavy atom. The summed E-state index contributed by atoms with van der Waals surface area (Å²) in [5, 5.41) is 2.80. The van der Waals surface area contributed by atoms with Gasteiger partial charge >= 0.3 is 0 Å². The van der Waals surface area contributed by atoms with Crippen LogP contribution in [0.2, 0.25) is 0 Å². The van der Waals surface area contributed by atoms with Gasteiger partial charge in [-0.1, -0.05) is 0 Å². The van der Waals surface area contributed by atoms with Crippen LogP contribution in [0, 0.1) is 0 Å². The molecule has 0 aliphatic carbocycles. The molecule has 19 heavy (non-hydrogen) atoms. The summed E-state index contributed by atoms with van der Waals surface area (Å²) in [7, 11) is 0. The quantitative estimate of drug-likeness (QED) is 0.833. The molecule has 2 rings (SSSR count). The van der Waals surface area contributed by atoms with Crippen LogP contribution in [0.1, 0.15) is 19.8 Å². The van der Waals surface area contributed by atoms with Gasteiger partial charge in [0.05, 0.1) is 0 Å². The Bertz CT molecular complexity index is 475. The predicted molar refractivity (Wildman–Crippen MR) is 74.0 cm³/mol. The zero-order chi connectivity index (χ0) is 13.8. The molecular formula is C13H16N2O3S. The fourth-order valence-electron chi connectivity index (χ4n) is 2.24. The molecule has 2 amide bonds. The number of hydrogen-bond donors (Lipinski definition) is 2. The van der Waals surface area contributed by atoms with Gasteiger partial charge < -0.3 is 14.8 Å². The molecule has 0 unspecified atom stereocenters. The molecule has 1 aliphatic rings. The number of carbonyl (C=O) groups excluding carboxylic acids is 2. The van der Waals surface area contributed by atoms with Crippen molar-refractivity contribution >= 4 is 29.5 Å². The van der Waals surface area contributed by atoms with Crippen molar-refractivity contribution in [2.45, 2.75) is 30.7 Å². The van der Waals surface area contributed by atoms with Crippen LogP contribution in [-0.4, -0.2) is 33.9 Å². The lowest BCUT2D eigenvalue weighted by Gasteiger charge is -2.22. The Hall–Kier alpha value is -1.53. The zero-order valence-electron chi connectivity index (χ0n) is 10.6. The van der Waals surface area contributed by atoms with Crippen molar-refractivity contribution in [1.82, 2.24) is 4.90 Å². The second-order valence-corrected chi connectivity index (χ2v) is 5.13. The Labute approximate surface area is 116 Å². The second-order valence-electron chi connectivity index (χ2n) is 4.48. The standard InChI is InChI=1S/C13H16N2O3S/c1-9(16)15-8-2-3-12(15)13(17)14-10-4-6-11(19-18)7-5-10/h4-7,12,18H,2-3,8H2,1H3,(H,14,17)/t12-/m0/s1. The van der Waals surface area contributed by atoms with E-state index in [4.69, 9.17) is 4.55 Å². The molecule has 0 aromatic heterocycles. The third-order valence-electron chi connectivity index (χ3n) is 3.19. The van der Waals surface area contributed by atoms with Crippen molar-refractivity contribution in [2.24, 2.45) is 0 Å². The normalized spacial score (nSPS) is 18.4. The number of benzene rings is 1. The summed E-state index contributed by atoms with van der Waals surface area (Å²) < 4.78 is 8.86. The molecule has 5 nitrogen and oxygen atoms in total. The fraction of sp³-hybridized carbons (Fsp3) is 0.385. The van der Waals surface area contributed by atoms with Gasteiger partial charge in [0.15, 0.2) is 0 Å². The van der Waals surface area contributed by atoms with Crippen LogP contribution >= 0.6 is 12.0 Å². The molecule has 6 heteroatoms. The Morgan fingerprint density at radius 3 is 2.63 bits per heavy atom. The second kappa shape index (κ2) is 6.08. The van der Waals surface area contributed by atoms with Crippen molar-refractivity contribution < 1.29 is 14.1 Å². The zero-order valence-corrected chi connectivity index (χ0v) is 11.4. The van der Waals surface area contributed by atoms with Gasteiger partial charge in [-0.3, -0.25) is 9.59 Å². The molecule has 1 aliphatic heterocycles. The minimum Gasteiger partial charge on any atom is -0.331 e. The van der Waals surface area contributed by atoms with E-state index in [9.17, 15) is 9.59 Å². The maximum Gasteiger partial charge on any atom is 0.247 e. The molecule has 0 bridgehead atoms. The van der Waals surface area contributed by atoms with E-state index in [1.165, 1.54) is 6.92 Å². The first-order valence-electron chi connectivity index (χ1n) is 6.11. The first kappa shape index (κ1) is 13.9. The summed E-state index contributed by atoms with van der Waals surface area (Å²) in [6, 6.07) is 6.52. The van der Waals surface area contributed by atoms with Crippen LogP contribution in [0.25, 0.3) is 0 Å². The number of carbonyl (C=O) groups is 2. The van der Waals surface area contributed by atoms with Crippen LogP contribution in [0.3, 0.4) is 0 Å². The molecule has 0 radical (unpaired) electrons. The van der Waals surface area contributed by atoms with Gasteiger partial charge in [-0.2, -0.15) is 0 Å². The summed E-state index contributed by atoms with van der Waals surface area (Å²) in [6.45, 7) is 2.13. The molecule has 1 atom stereocenters. The van der Waals surface area contributed by atoms with Crippen LogP contribution in [0.5, 0.6) is 0 Å². The maximum absolute atomic E-state index is 12.1. The van der Waals surface area contributed by atoms with Gasteiger partial charge in [-0.05, 0) is 37.1 Å². The molecule has 102 valence electrons. The van der Waals surface area contributed by atoms with Gasteiger partial charge in [-0.25, -0.2) is 0 Å². The number of likely N-dealkylation sites (tertiary alicyclic amines) is 1. The highest BCUT2D eigenvalue weighted by atomic mass is 32.2. The van der Waals surface area contributed by atoms with E-state index in [0.29, 0.717) is 35.6 Å². The topological polar surface area (TPSA) is 69.6 Å². The first-order chi connectivity index (χ1) is 9.11. The molecule has 1 saturated heterocycles. The number of hydrogen-bond acceptors (Lipinski definition) is 4. The van der Waals surface area contributed by atoms with Crippen molar-refractivity contribution in [2.75, 3.05) is 11.9 Å². The van der Waals surface area contributed by atoms with Crippen LogP contribution in [-0.2, 0) is 9.59 Å². The smallest absolute Gasteiger partial charge is 0.247 e. The number of nitrogens with zero attached hydrogens (tertiary/aromatic N) is 1. The molecule has 0 spiro atoms. The Morgan fingerprint density at radius 1 is 1.37 bits per heavy atom. The van der Waals surface area contributed by atoms with Crippen LogP contribution < -0.4 is 5.32 Å². The maximum atomic E-state index is 12.1. The van der Waals surface area contributed by atoms with E-state index in [1.54, 1.807) is 29.2 Å². The van der Waals surface area contributed by atoms with Gasteiger partial charge in [0.1, 0.15) is 6.04 Å². The van der Waals surface area contributed by atoms with E-state index in [0.717, 1.165) is 6.42 Å². The van der Waals surface area contributed by atoms with Gasteiger partial charge in [-0.15, -0.1) is 0 Å². The summed E-state index contributed by atoms with van der Waals surface area (Å²) >= 11 is 0.660. The molecule has 1 aromatic rings. The Balaban J connectivity index is 2.01. The average Bonchev–Trinajstić information content (AvgIpc) is 2.89. The SMILES string of the molecule is CC(=O)N1CCC[C@H]1C(=O)Nc1ccc(SO)cc1. The lowest BCUT2D eigenvalue weighted by molar-refractivity contribution is -0.134. The molecule has 1 heterocycles. The molecule has 1 fully saturated rings. The molecular weight excluding hydrogens is 264 g/mol.